The van der Waals surface area contributed by atoms with Crippen molar-refractivity contribution in [2.45, 2.75) is 6.42 Å². The molecule has 1 atom stereocenters. The molecule has 13 heavy (non-hydrogen) atoms. The fourth-order valence-electron chi connectivity index (χ4n) is 1.27. The van der Waals surface area contributed by atoms with Gasteiger partial charge in [-0.05, 0) is 30.4 Å². The highest BCUT2D eigenvalue weighted by Gasteiger charge is 2.13. The molecule has 3 nitrogen and oxygen atoms in total. The molecular weight excluding hydrogens is 186 g/mol. The van der Waals surface area contributed by atoms with E-state index in [4.69, 9.17) is 5.11 Å². The third-order valence-electron chi connectivity index (χ3n) is 1.98. The van der Waals surface area contributed by atoms with Crippen molar-refractivity contribution in [2.75, 3.05) is 24.6 Å². The zero-order chi connectivity index (χ0) is 9.52. The van der Waals surface area contributed by atoms with Crippen molar-refractivity contribution in [3.8, 4) is 0 Å². The van der Waals surface area contributed by atoms with Crippen LogP contribution in [0.3, 0.4) is 0 Å². The molecule has 1 rings (SSSR count). The fourth-order valence-corrected chi connectivity index (χ4v) is 2.56. The Morgan fingerprint density at radius 1 is 1.69 bits per heavy atom. The molecule has 1 unspecified atom stereocenters. The predicted molar refractivity (Wildman–Crippen MR) is 55.1 cm³/mol. The van der Waals surface area contributed by atoms with Gasteiger partial charge in [0, 0.05) is 12.6 Å². The number of thioether (sulfide) groups is 1. The van der Waals surface area contributed by atoms with E-state index in [9.17, 15) is 4.79 Å². The second-order valence-electron chi connectivity index (χ2n) is 3.13. The van der Waals surface area contributed by atoms with Crippen molar-refractivity contribution in [1.29, 1.82) is 0 Å². The number of hydrogen-bond acceptors (Lipinski definition) is 3. The topological polar surface area (TPSA) is 49.3 Å². The van der Waals surface area contributed by atoms with Crippen LogP contribution in [-0.4, -0.2) is 35.7 Å². The number of carboxylic acid groups (broad SMARTS) is 1. The van der Waals surface area contributed by atoms with Crippen LogP contribution in [0.2, 0.25) is 0 Å². The third-order valence-corrected chi connectivity index (χ3v) is 3.21. The van der Waals surface area contributed by atoms with Crippen molar-refractivity contribution < 1.29 is 9.90 Å². The minimum absolute atomic E-state index is 0.660. The highest BCUT2D eigenvalue weighted by Crippen LogP contribution is 2.22. The molecule has 1 heterocycles. The minimum atomic E-state index is -0.877. The Morgan fingerprint density at radius 3 is 3.15 bits per heavy atom. The average Bonchev–Trinajstić information content (AvgIpc) is 2.55. The molecule has 4 heteroatoms. The van der Waals surface area contributed by atoms with Gasteiger partial charge in [-0.3, -0.25) is 0 Å². The summed E-state index contributed by atoms with van der Waals surface area (Å²) in [6.45, 7) is 1.67. The quantitative estimate of drug-likeness (QED) is 0.514. The van der Waals surface area contributed by atoms with Crippen LogP contribution in [0.1, 0.15) is 6.42 Å². The van der Waals surface area contributed by atoms with Crippen LogP contribution >= 0.6 is 11.8 Å². The SMILES string of the molecule is O=C(O)/C=C/CNCC1CCSC1. The van der Waals surface area contributed by atoms with E-state index in [2.05, 4.69) is 5.32 Å². The van der Waals surface area contributed by atoms with Gasteiger partial charge in [-0.15, -0.1) is 0 Å². The van der Waals surface area contributed by atoms with Crippen LogP contribution in [0.4, 0.5) is 0 Å². The van der Waals surface area contributed by atoms with E-state index in [1.165, 1.54) is 24.0 Å². The summed E-state index contributed by atoms with van der Waals surface area (Å²) >= 11 is 2.00. The summed E-state index contributed by atoms with van der Waals surface area (Å²) in [7, 11) is 0. The molecule has 0 aromatic rings. The van der Waals surface area contributed by atoms with Crippen molar-refractivity contribution in [1.82, 2.24) is 5.32 Å². The van der Waals surface area contributed by atoms with Gasteiger partial charge in [0.05, 0.1) is 0 Å². The van der Waals surface area contributed by atoms with Gasteiger partial charge in [0.15, 0.2) is 0 Å². The molecule has 1 saturated heterocycles. The maximum absolute atomic E-state index is 10.1. The maximum atomic E-state index is 10.1. The molecule has 74 valence electrons. The van der Waals surface area contributed by atoms with Crippen LogP contribution in [0.5, 0.6) is 0 Å². The van der Waals surface area contributed by atoms with E-state index in [0.29, 0.717) is 6.54 Å². The molecule has 0 radical (unpaired) electrons. The van der Waals surface area contributed by atoms with Crippen LogP contribution in [0.15, 0.2) is 12.2 Å². The summed E-state index contributed by atoms with van der Waals surface area (Å²) < 4.78 is 0. The molecule has 0 aromatic carbocycles. The smallest absolute Gasteiger partial charge is 0.328 e. The Morgan fingerprint density at radius 2 is 2.54 bits per heavy atom. The lowest BCUT2D eigenvalue weighted by Gasteiger charge is -2.07. The summed E-state index contributed by atoms with van der Waals surface area (Å²) in [5, 5.41) is 11.5. The second-order valence-corrected chi connectivity index (χ2v) is 4.28. The number of rotatable bonds is 5. The molecule has 2 N–H and O–H groups in total. The first-order valence-electron chi connectivity index (χ1n) is 4.47. The van der Waals surface area contributed by atoms with Gasteiger partial charge >= 0.3 is 5.97 Å². The second kappa shape index (κ2) is 6.05. The van der Waals surface area contributed by atoms with Crippen LogP contribution in [-0.2, 0) is 4.79 Å². The Kier molecular flexibility index (Phi) is 4.93. The van der Waals surface area contributed by atoms with E-state index < -0.39 is 5.97 Å². The first-order valence-corrected chi connectivity index (χ1v) is 5.62. The van der Waals surface area contributed by atoms with E-state index in [1.807, 2.05) is 11.8 Å². The zero-order valence-corrected chi connectivity index (χ0v) is 8.35. The van der Waals surface area contributed by atoms with Gasteiger partial charge in [0.1, 0.15) is 0 Å². The zero-order valence-electron chi connectivity index (χ0n) is 7.53. The first kappa shape index (κ1) is 10.6. The van der Waals surface area contributed by atoms with Gasteiger partial charge in [-0.25, -0.2) is 4.79 Å². The summed E-state index contributed by atoms with van der Waals surface area (Å²) in [6.07, 6.45) is 4.11. The number of carbonyl (C=O) groups is 1. The summed E-state index contributed by atoms with van der Waals surface area (Å²) in [4.78, 5) is 10.1. The molecule has 0 aliphatic carbocycles. The van der Waals surface area contributed by atoms with Gasteiger partial charge in [-0.1, -0.05) is 6.08 Å². The van der Waals surface area contributed by atoms with Gasteiger partial charge in [0.25, 0.3) is 0 Å². The number of aliphatic carboxylic acids is 1. The lowest BCUT2D eigenvalue weighted by molar-refractivity contribution is -0.131. The molecule has 0 spiro atoms. The highest BCUT2D eigenvalue weighted by molar-refractivity contribution is 7.99. The lowest BCUT2D eigenvalue weighted by atomic mass is 10.1. The highest BCUT2D eigenvalue weighted by atomic mass is 32.2. The molecule has 1 aliphatic heterocycles. The first-order chi connectivity index (χ1) is 6.29. The van der Waals surface area contributed by atoms with Crippen LogP contribution in [0.25, 0.3) is 0 Å². The van der Waals surface area contributed by atoms with Crippen molar-refractivity contribution in [3.63, 3.8) is 0 Å². The van der Waals surface area contributed by atoms with E-state index >= 15 is 0 Å². The average molecular weight is 201 g/mol. The number of carboxylic acids is 1. The molecule has 1 fully saturated rings. The van der Waals surface area contributed by atoms with Gasteiger partial charge in [0.2, 0.25) is 0 Å². The summed E-state index contributed by atoms with van der Waals surface area (Å²) in [5.74, 6) is 2.42. The Bertz CT molecular complexity index is 188. The molecular formula is C9H15NO2S. The summed E-state index contributed by atoms with van der Waals surface area (Å²) in [6, 6.07) is 0. The Balaban J connectivity index is 1.97. The van der Waals surface area contributed by atoms with Crippen LogP contribution in [0, 0.1) is 5.92 Å². The van der Waals surface area contributed by atoms with E-state index in [-0.39, 0.29) is 0 Å². The maximum Gasteiger partial charge on any atom is 0.328 e. The van der Waals surface area contributed by atoms with Gasteiger partial charge in [-0.2, -0.15) is 11.8 Å². The van der Waals surface area contributed by atoms with Crippen molar-refractivity contribution >= 4 is 17.7 Å². The van der Waals surface area contributed by atoms with Gasteiger partial charge < -0.3 is 10.4 Å². The molecule has 0 bridgehead atoms. The van der Waals surface area contributed by atoms with Crippen LogP contribution < -0.4 is 5.32 Å². The molecule has 0 amide bonds. The number of nitrogens with one attached hydrogen (secondary N) is 1. The minimum Gasteiger partial charge on any atom is -0.478 e. The van der Waals surface area contributed by atoms with Crippen molar-refractivity contribution in [2.24, 2.45) is 5.92 Å². The largest absolute Gasteiger partial charge is 0.478 e. The van der Waals surface area contributed by atoms with E-state index in [0.717, 1.165) is 12.5 Å². The lowest BCUT2D eigenvalue weighted by Crippen LogP contribution is -2.22. The monoisotopic (exact) mass is 201 g/mol. The Hall–Kier alpha value is -0.480. The Labute approximate surface area is 82.6 Å². The standard InChI is InChI=1S/C9H15NO2S/c11-9(12)2-1-4-10-6-8-3-5-13-7-8/h1-2,8,10H,3-7H2,(H,11,12)/b2-1+. The van der Waals surface area contributed by atoms with Crippen molar-refractivity contribution in [3.05, 3.63) is 12.2 Å². The number of hydrogen-bond donors (Lipinski definition) is 2. The van der Waals surface area contributed by atoms with E-state index in [1.54, 1.807) is 6.08 Å². The third kappa shape index (κ3) is 4.95. The molecule has 0 aromatic heterocycles. The fraction of sp³-hybridized carbons (Fsp3) is 0.667. The molecule has 1 aliphatic rings. The summed E-state index contributed by atoms with van der Waals surface area (Å²) in [5.41, 5.74) is 0. The normalized spacial score (nSPS) is 22.6. The molecule has 0 saturated carbocycles. The predicted octanol–water partition coefficient (Wildman–Crippen LogP) is 0.970.